The van der Waals surface area contributed by atoms with Crippen molar-refractivity contribution in [2.24, 2.45) is 0 Å². The Hall–Kier alpha value is -1.62. The largest absolute Gasteiger partial charge is 0.359 e. The first-order chi connectivity index (χ1) is 7.63. The van der Waals surface area contributed by atoms with Gasteiger partial charge in [-0.15, -0.1) is 0 Å². The van der Waals surface area contributed by atoms with Gasteiger partial charge >= 0.3 is 0 Å². The van der Waals surface area contributed by atoms with E-state index in [1.807, 2.05) is 39.1 Å². The Morgan fingerprint density at radius 2 is 2.31 bits per heavy atom. The molecule has 0 spiro atoms. The SMILES string of the molecule is CCNC(C)(C)c1nc(-c2ccc[nH]2)no1. The highest BCUT2D eigenvalue weighted by Gasteiger charge is 2.26. The predicted octanol–water partition coefficient (Wildman–Crippen LogP) is 1.91. The summed E-state index contributed by atoms with van der Waals surface area (Å²) in [5, 5.41) is 7.24. The molecule has 0 saturated heterocycles. The highest BCUT2D eigenvalue weighted by molar-refractivity contribution is 5.47. The second-order valence-corrected chi connectivity index (χ2v) is 4.16. The first-order valence-electron chi connectivity index (χ1n) is 5.36. The molecule has 2 heterocycles. The van der Waals surface area contributed by atoms with Crippen LogP contribution < -0.4 is 5.32 Å². The van der Waals surface area contributed by atoms with Crippen molar-refractivity contribution in [2.75, 3.05) is 6.54 Å². The third kappa shape index (κ3) is 1.99. The highest BCUT2D eigenvalue weighted by atomic mass is 16.5. The van der Waals surface area contributed by atoms with Crippen LogP contribution in [0.25, 0.3) is 11.5 Å². The summed E-state index contributed by atoms with van der Waals surface area (Å²) >= 11 is 0. The number of rotatable bonds is 4. The average Bonchev–Trinajstić information content (AvgIpc) is 2.89. The Bertz CT molecular complexity index is 444. The van der Waals surface area contributed by atoms with Gasteiger partial charge in [-0.05, 0) is 32.5 Å². The fourth-order valence-electron chi connectivity index (χ4n) is 1.57. The second kappa shape index (κ2) is 4.09. The van der Waals surface area contributed by atoms with Gasteiger partial charge in [-0.25, -0.2) is 0 Å². The summed E-state index contributed by atoms with van der Waals surface area (Å²) in [5.74, 6) is 1.19. The van der Waals surface area contributed by atoms with Crippen molar-refractivity contribution in [3.05, 3.63) is 24.2 Å². The second-order valence-electron chi connectivity index (χ2n) is 4.16. The van der Waals surface area contributed by atoms with Gasteiger partial charge in [0.1, 0.15) is 0 Å². The normalized spacial score (nSPS) is 11.9. The molecule has 0 aliphatic heterocycles. The molecule has 0 saturated carbocycles. The van der Waals surface area contributed by atoms with Crippen molar-refractivity contribution >= 4 is 0 Å². The van der Waals surface area contributed by atoms with Crippen LogP contribution in [0.4, 0.5) is 0 Å². The van der Waals surface area contributed by atoms with Gasteiger partial charge in [0.2, 0.25) is 11.7 Å². The van der Waals surface area contributed by atoms with Gasteiger partial charge < -0.3 is 14.8 Å². The van der Waals surface area contributed by atoms with Crippen molar-refractivity contribution in [2.45, 2.75) is 26.3 Å². The van der Waals surface area contributed by atoms with E-state index in [0.717, 1.165) is 12.2 Å². The maximum Gasteiger partial charge on any atom is 0.246 e. The number of aromatic amines is 1. The third-order valence-electron chi connectivity index (χ3n) is 2.42. The smallest absolute Gasteiger partial charge is 0.246 e. The topological polar surface area (TPSA) is 66.7 Å². The molecule has 2 aromatic heterocycles. The van der Waals surface area contributed by atoms with E-state index < -0.39 is 0 Å². The molecule has 86 valence electrons. The van der Waals surface area contributed by atoms with Gasteiger partial charge in [-0.3, -0.25) is 0 Å². The summed E-state index contributed by atoms with van der Waals surface area (Å²) in [6.45, 7) is 6.93. The molecular weight excluding hydrogens is 204 g/mol. The Balaban J connectivity index is 2.26. The molecule has 2 rings (SSSR count). The molecule has 16 heavy (non-hydrogen) atoms. The monoisotopic (exact) mass is 220 g/mol. The summed E-state index contributed by atoms with van der Waals surface area (Å²) in [6, 6.07) is 3.82. The Morgan fingerprint density at radius 1 is 1.50 bits per heavy atom. The molecule has 0 fully saturated rings. The summed E-state index contributed by atoms with van der Waals surface area (Å²) < 4.78 is 5.26. The summed E-state index contributed by atoms with van der Waals surface area (Å²) in [5.41, 5.74) is 0.564. The zero-order valence-electron chi connectivity index (χ0n) is 9.74. The molecular formula is C11H16N4O. The van der Waals surface area contributed by atoms with E-state index in [1.165, 1.54) is 0 Å². The quantitative estimate of drug-likeness (QED) is 0.826. The lowest BCUT2D eigenvalue weighted by Gasteiger charge is -2.20. The lowest BCUT2D eigenvalue weighted by atomic mass is 10.1. The number of H-pyrrole nitrogens is 1. The number of hydrogen-bond acceptors (Lipinski definition) is 4. The summed E-state index contributed by atoms with van der Waals surface area (Å²) in [6.07, 6.45) is 1.83. The van der Waals surface area contributed by atoms with E-state index in [4.69, 9.17) is 4.52 Å². The third-order valence-corrected chi connectivity index (χ3v) is 2.42. The molecule has 5 nitrogen and oxygen atoms in total. The minimum Gasteiger partial charge on any atom is -0.359 e. The van der Waals surface area contributed by atoms with Gasteiger partial charge in [0, 0.05) is 6.20 Å². The van der Waals surface area contributed by atoms with Crippen LogP contribution in [0, 0.1) is 0 Å². The predicted molar refractivity (Wildman–Crippen MR) is 60.8 cm³/mol. The van der Waals surface area contributed by atoms with Crippen LogP contribution in [0.2, 0.25) is 0 Å². The van der Waals surface area contributed by atoms with E-state index >= 15 is 0 Å². The Kier molecular flexibility index (Phi) is 2.78. The van der Waals surface area contributed by atoms with Crippen molar-refractivity contribution in [1.82, 2.24) is 20.4 Å². The first kappa shape index (κ1) is 10.9. The van der Waals surface area contributed by atoms with Crippen LogP contribution in [0.5, 0.6) is 0 Å². The zero-order valence-corrected chi connectivity index (χ0v) is 9.74. The number of nitrogens with zero attached hydrogens (tertiary/aromatic N) is 2. The molecule has 0 aliphatic carbocycles. The number of aromatic nitrogens is 3. The van der Waals surface area contributed by atoms with Crippen molar-refractivity contribution in [1.29, 1.82) is 0 Å². The number of hydrogen-bond donors (Lipinski definition) is 2. The fourth-order valence-corrected chi connectivity index (χ4v) is 1.57. The van der Waals surface area contributed by atoms with Gasteiger partial charge in [-0.1, -0.05) is 12.1 Å². The van der Waals surface area contributed by atoms with Crippen LogP contribution >= 0.6 is 0 Å². The van der Waals surface area contributed by atoms with Crippen LogP contribution in [0.1, 0.15) is 26.7 Å². The van der Waals surface area contributed by atoms with Crippen LogP contribution in [0.15, 0.2) is 22.9 Å². The molecule has 0 radical (unpaired) electrons. The highest BCUT2D eigenvalue weighted by Crippen LogP contribution is 2.21. The zero-order chi connectivity index (χ0) is 11.6. The van der Waals surface area contributed by atoms with Gasteiger partial charge in [0.25, 0.3) is 0 Å². The van der Waals surface area contributed by atoms with Crippen LogP contribution in [0.3, 0.4) is 0 Å². The lowest BCUT2D eigenvalue weighted by Crippen LogP contribution is -2.36. The molecule has 0 atom stereocenters. The average molecular weight is 220 g/mol. The van der Waals surface area contributed by atoms with Gasteiger partial charge in [0.05, 0.1) is 11.2 Å². The Labute approximate surface area is 94.3 Å². The van der Waals surface area contributed by atoms with E-state index in [2.05, 4.69) is 20.4 Å². The van der Waals surface area contributed by atoms with Crippen molar-refractivity contribution in [3.63, 3.8) is 0 Å². The van der Waals surface area contributed by atoms with Crippen LogP contribution in [-0.4, -0.2) is 21.7 Å². The molecule has 0 unspecified atom stereocenters. The minimum atomic E-state index is -0.299. The fraction of sp³-hybridized carbons (Fsp3) is 0.455. The van der Waals surface area contributed by atoms with Gasteiger partial charge in [0.15, 0.2) is 0 Å². The standard InChI is InChI=1S/C11H16N4O/c1-4-13-11(2,3)10-14-9(15-16-10)8-6-5-7-12-8/h5-7,12-13H,4H2,1-3H3. The minimum absolute atomic E-state index is 0.299. The molecule has 0 aromatic carbocycles. The molecule has 5 heteroatoms. The molecule has 0 amide bonds. The number of nitrogens with one attached hydrogen (secondary N) is 2. The van der Waals surface area contributed by atoms with Crippen molar-refractivity contribution < 1.29 is 4.52 Å². The molecule has 0 bridgehead atoms. The molecule has 2 N–H and O–H groups in total. The van der Waals surface area contributed by atoms with E-state index in [0.29, 0.717) is 11.7 Å². The van der Waals surface area contributed by atoms with Gasteiger partial charge in [-0.2, -0.15) is 4.98 Å². The summed E-state index contributed by atoms with van der Waals surface area (Å²) in [4.78, 5) is 7.42. The van der Waals surface area contributed by atoms with Crippen LogP contribution in [-0.2, 0) is 5.54 Å². The maximum atomic E-state index is 5.26. The summed E-state index contributed by atoms with van der Waals surface area (Å²) in [7, 11) is 0. The van der Waals surface area contributed by atoms with E-state index in [9.17, 15) is 0 Å². The maximum absolute atomic E-state index is 5.26. The Morgan fingerprint density at radius 3 is 2.94 bits per heavy atom. The van der Waals surface area contributed by atoms with E-state index in [1.54, 1.807) is 0 Å². The molecule has 0 aliphatic rings. The first-order valence-corrected chi connectivity index (χ1v) is 5.36. The lowest BCUT2D eigenvalue weighted by molar-refractivity contribution is 0.272. The van der Waals surface area contributed by atoms with Crippen molar-refractivity contribution in [3.8, 4) is 11.5 Å². The van der Waals surface area contributed by atoms with E-state index in [-0.39, 0.29) is 5.54 Å². The molecule has 2 aromatic rings.